The van der Waals surface area contributed by atoms with Crippen LogP contribution in [0.2, 0.25) is 0 Å². The van der Waals surface area contributed by atoms with Crippen molar-refractivity contribution in [3.05, 3.63) is 77.0 Å². The third-order valence-electron chi connectivity index (χ3n) is 4.10. The molecule has 0 aliphatic carbocycles. The summed E-state index contributed by atoms with van der Waals surface area (Å²) in [5.74, 6) is 1.18. The van der Waals surface area contributed by atoms with Gasteiger partial charge in [-0.2, -0.15) is 5.10 Å². The van der Waals surface area contributed by atoms with Crippen LogP contribution in [0.5, 0.6) is 5.75 Å². The van der Waals surface area contributed by atoms with E-state index >= 15 is 0 Å². The van der Waals surface area contributed by atoms with E-state index in [1.54, 1.807) is 29.5 Å². The highest BCUT2D eigenvalue weighted by Crippen LogP contribution is 2.23. The Balaban J connectivity index is 2.00. The summed E-state index contributed by atoms with van der Waals surface area (Å²) in [5.41, 5.74) is 1.89. The Hall–Kier alpha value is -3.41. The Kier molecular flexibility index (Phi) is 3.57. The number of methoxy groups -OCH3 is 1. The smallest absolute Gasteiger partial charge is 0.269 e. The Labute approximate surface area is 143 Å². The molecule has 2 aromatic heterocycles. The standard InChI is InChI=1S/C19H16N4O2/c1-13-21-18-15(12-20-23(18)14-8-4-3-5-9-14)19(24)22(13)16-10-6-7-11-17(16)25-2/h3-12H,1-2H3. The molecule has 0 saturated heterocycles. The van der Waals surface area contributed by atoms with Crippen LogP contribution < -0.4 is 10.3 Å². The summed E-state index contributed by atoms with van der Waals surface area (Å²) in [6.45, 7) is 1.80. The maximum atomic E-state index is 13.1. The minimum Gasteiger partial charge on any atom is -0.495 e. The van der Waals surface area contributed by atoms with Crippen molar-refractivity contribution >= 4 is 11.0 Å². The predicted molar refractivity (Wildman–Crippen MR) is 95.8 cm³/mol. The van der Waals surface area contributed by atoms with E-state index in [2.05, 4.69) is 10.1 Å². The lowest BCUT2D eigenvalue weighted by atomic mass is 10.2. The topological polar surface area (TPSA) is 61.9 Å². The molecule has 0 N–H and O–H groups in total. The van der Waals surface area contributed by atoms with E-state index in [4.69, 9.17) is 4.74 Å². The molecule has 0 saturated carbocycles. The zero-order valence-electron chi connectivity index (χ0n) is 13.9. The normalized spacial score (nSPS) is 11.0. The number of para-hydroxylation sites is 3. The van der Waals surface area contributed by atoms with Crippen LogP contribution in [-0.4, -0.2) is 26.4 Å². The van der Waals surface area contributed by atoms with Gasteiger partial charge in [0.25, 0.3) is 5.56 Å². The maximum Gasteiger partial charge on any atom is 0.269 e. The molecule has 0 spiro atoms. The second-order valence-electron chi connectivity index (χ2n) is 5.60. The number of fused-ring (bicyclic) bond motifs is 1. The van der Waals surface area contributed by atoms with Gasteiger partial charge < -0.3 is 4.74 Å². The highest BCUT2D eigenvalue weighted by molar-refractivity contribution is 5.76. The van der Waals surface area contributed by atoms with Gasteiger partial charge >= 0.3 is 0 Å². The number of hydrogen-bond acceptors (Lipinski definition) is 4. The molecule has 4 aromatic rings. The van der Waals surface area contributed by atoms with Crippen molar-refractivity contribution in [2.24, 2.45) is 0 Å². The van der Waals surface area contributed by atoms with Gasteiger partial charge in [0.1, 0.15) is 17.0 Å². The third-order valence-corrected chi connectivity index (χ3v) is 4.10. The van der Waals surface area contributed by atoms with E-state index < -0.39 is 0 Å². The Bertz CT molecular complexity index is 1110. The van der Waals surface area contributed by atoms with Crippen LogP contribution in [0.3, 0.4) is 0 Å². The van der Waals surface area contributed by atoms with Crippen LogP contribution in [0.15, 0.2) is 65.6 Å². The molecule has 0 atom stereocenters. The fraction of sp³-hybridized carbons (Fsp3) is 0.105. The van der Waals surface area contributed by atoms with Crippen LogP contribution in [0, 0.1) is 6.92 Å². The molecule has 0 unspecified atom stereocenters. The molecule has 0 aliphatic heterocycles. The SMILES string of the molecule is COc1ccccc1-n1c(C)nc2c(cnn2-c2ccccc2)c1=O. The Morgan fingerprint density at radius 3 is 2.48 bits per heavy atom. The minimum absolute atomic E-state index is 0.172. The van der Waals surface area contributed by atoms with Gasteiger partial charge in [0.05, 0.1) is 24.7 Å². The zero-order chi connectivity index (χ0) is 17.4. The molecule has 6 nitrogen and oxygen atoms in total. The summed E-state index contributed by atoms with van der Waals surface area (Å²) in [5, 5.41) is 4.81. The minimum atomic E-state index is -0.172. The number of benzene rings is 2. The van der Waals surface area contributed by atoms with Gasteiger partial charge in [-0.25, -0.2) is 9.67 Å². The summed E-state index contributed by atoms with van der Waals surface area (Å²) in [6, 6.07) is 17.0. The molecule has 0 bridgehead atoms. The molecule has 2 heterocycles. The summed E-state index contributed by atoms with van der Waals surface area (Å²) in [6.07, 6.45) is 1.56. The van der Waals surface area contributed by atoms with Crippen molar-refractivity contribution in [3.8, 4) is 17.1 Å². The summed E-state index contributed by atoms with van der Waals surface area (Å²) >= 11 is 0. The summed E-state index contributed by atoms with van der Waals surface area (Å²) < 4.78 is 8.62. The molecule has 0 amide bonds. The average Bonchev–Trinajstić information content (AvgIpc) is 3.07. The largest absolute Gasteiger partial charge is 0.495 e. The second-order valence-corrected chi connectivity index (χ2v) is 5.60. The van der Waals surface area contributed by atoms with E-state index in [1.807, 2.05) is 54.6 Å². The average molecular weight is 332 g/mol. The van der Waals surface area contributed by atoms with Gasteiger partial charge in [-0.3, -0.25) is 9.36 Å². The van der Waals surface area contributed by atoms with Crippen molar-refractivity contribution in [2.45, 2.75) is 6.92 Å². The molecule has 0 aliphatic rings. The monoisotopic (exact) mass is 332 g/mol. The van der Waals surface area contributed by atoms with E-state index in [0.717, 1.165) is 5.69 Å². The number of aryl methyl sites for hydroxylation is 1. The van der Waals surface area contributed by atoms with Crippen molar-refractivity contribution in [3.63, 3.8) is 0 Å². The van der Waals surface area contributed by atoms with Crippen molar-refractivity contribution < 1.29 is 4.74 Å². The maximum absolute atomic E-state index is 13.1. The van der Waals surface area contributed by atoms with Gasteiger partial charge in [0, 0.05) is 0 Å². The first-order valence-electron chi connectivity index (χ1n) is 7.87. The van der Waals surface area contributed by atoms with E-state index in [-0.39, 0.29) is 5.56 Å². The highest BCUT2D eigenvalue weighted by Gasteiger charge is 2.16. The van der Waals surface area contributed by atoms with Crippen molar-refractivity contribution in [2.75, 3.05) is 7.11 Å². The van der Waals surface area contributed by atoms with Gasteiger partial charge in [0.2, 0.25) is 0 Å². The molecule has 124 valence electrons. The van der Waals surface area contributed by atoms with Crippen LogP contribution in [-0.2, 0) is 0 Å². The quantitative estimate of drug-likeness (QED) is 0.579. The van der Waals surface area contributed by atoms with Gasteiger partial charge in [-0.15, -0.1) is 0 Å². The third kappa shape index (κ3) is 2.39. The fourth-order valence-corrected chi connectivity index (χ4v) is 2.93. The lowest BCUT2D eigenvalue weighted by Gasteiger charge is -2.13. The highest BCUT2D eigenvalue weighted by atomic mass is 16.5. The first-order chi connectivity index (χ1) is 12.2. The van der Waals surface area contributed by atoms with Crippen LogP contribution in [0.25, 0.3) is 22.4 Å². The zero-order valence-corrected chi connectivity index (χ0v) is 13.9. The van der Waals surface area contributed by atoms with Crippen LogP contribution in [0.4, 0.5) is 0 Å². The molecular weight excluding hydrogens is 316 g/mol. The molecule has 0 fully saturated rings. The summed E-state index contributed by atoms with van der Waals surface area (Å²) in [4.78, 5) is 17.7. The fourth-order valence-electron chi connectivity index (χ4n) is 2.93. The predicted octanol–water partition coefficient (Wildman–Crippen LogP) is 2.89. The number of aromatic nitrogens is 4. The van der Waals surface area contributed by atoms with Crippen molar-refractivity contribution in [1.82, 2.24) is 19.3 Å². The van der Waals surface area contributed by atoms with E-state index in [0.29, 0.717) is 28.3 Å². The van der Waals surface area contributed by atoms with Gasteiger partial charge in [-0.1, -0.05) is 30.3 Å². The first kappa shape index (κ1) is 15.1. The second kappa shape index (κ2) is 5.90. The van der Waals surface area contributed by atoms with Gasteiger partial charge in [-0.05, 0) is 31.2 Å². The number of ether oxygens (including phenoxy) is 1. The molecule has 2 aromatic carbocycles. The van der Waals surface area contributed by atoms with Gasteiger partial charge in [0.15, 0.2) is 5.65 Å². The van der Waals surface area contributed by atoms with E-state index in [9.17, 15) is 4.79 Å². The molecule has 25 heavy (non-hydrogen) atoms. The molecule has 6 heteroatoms. The molecule has 0 radical (unpaired) electrons. The van der Waals surface area contributed by atoms with Crippen LogP contribution >= 0.6 is 0 Å². The molecular formula is C19H16N4O2. The Morgan fingerprint density at radius 2 is 1.72 bits per heavy atom. The number of hydrogen-bond donors (Lipinski definition) is 0. The van der Waals surface area contributed by atoms with Crippen LogP contribution in [0.1, 0.15) is 5.82 Å². The Morgan fingerprint density at radius 1 is 1.00 bits per heavy atom. The lowest BCUT2D eigenvalue weighted by molar-refractivity contribution is 0.412. The van der Waals surface area contributed by atoms with Crippen molar-refractivity contribution in [1.29, 1.82) is 0 Å². The summed E-state index contributed by atoms with van der Waals surface area (Å²) in [7, 11) is 1.58. The van der Waals surface area contributed by atoms with E-state index in [1.165, 1.54) is 0 Å². The number of rotatable bonds is 3. The molecule has 4 rings (SSSR count). The lowest BCUT2D eigenvalue weighted by Crippen LogP contribution is -2.22. The number of nitrogens with zero attached hydrogens (tertiary/aromatic N) is 4. The first-order valence-corrected chi connectivity index (χ1v) is 7.87.